The monoisotopic (exact) mass is 628 g/mol. The van der Waals surface area contributed by atoms with Gasteiger partial charge in [-0.25, -0.2) is 29.9 Å². The highest BCUT2D eigenvalue weighted by molar-refractivity contribution is 5.96. The van der Waals surface area contributed by atoms with Gasteiger partial charge < -0.3 is 0 Å². The van der Waals surface area contributed by atoms with E-state index < -0.39 is 0 Å². The van der Waals surface area contributed by atoms with E-state index >= 15 is 0 Å². The van der Waals surface area contributed by atoms with Gasteiger partial charge in [0.05, 0.1) is 0 Å². The SMILES string of the molecule is Cc1cccc(-c2nc3nc(n2)c2cccc(c2)c2cccc(c2)c2nc(-c4ccccc4)nc(n2)c2cccc(c2)c2cccc3c2)c1. The number of aryl methyl sites for hydroxylation is 1. The largest absolute Gasteiger partial charge is 0.208 e. The lowest BCUT2D eigenvalue weighted by Gasteiger charge is -2.05. The third kappa shape index (κ3) is 5.55. The van der Waals surface area contributed by atoms with Crippen molar-refractivity contribution >= 4 is 65.7 Å². The van der Waals surface area contributed by atoms with E-state index in [2.05, 4.69) is 79.7 Å². The molecule has 6 nitrogen and oxygen atoms in total. The summed E-state index contributed by atoms with van der Waals surface area (Å²) in [6.07, 6.45) is 0. The van der Waals surface area contributed by atoms with Crippen LogP contribution < -0.4 is 0 Å². The molecule has 0 N–H and O–H groups in total. The Morgan fingerprint density at radius 1 is 0.286 bits per heavy atom. The lowest BCUT2D eigenvalue weighted by atomic mass is 10.1. The van der Waals surface area contributed by atoms with Crippen LogP contribution in [0.2, 0.25) is 0 Å². The van der Waals surface area contributed by atoms with Crippen molar-refractivity contribution in [1.29, 1.82) is 0 Å². The lowest BCUT2D eigenvalue weighted by Crippen LogP contribution is -1.94. The van der Waals surface area contributed by atoms with Gasteiger partial charge in [-0.2, -0.15) is 0 Å². The molecule has 49 heavy (non-hydrogen) atoms. The van der Waals surface area contributed by atoms with Crippen LogP contribution in [0.5, 0.6) is 0 Å². The van der Waals surface area contributed by atoms with E-state index in [4.69, 9.17) is 29.9 Å². The van der Waals surface area contributed by atoms with Crippen LogP contribution in [0.4, 0.5) is 0 Å². The second-order valence-electron chi connectivity index (χ2n) is 12.2. The van der Waals surface area contributed by atoms with Gasteiger partial charge in [-0.15, -0.1) is 0 Å². The Morgan fingerprint density at radius 3 is 1.04 bits per heavy atom. The summed E-state index contributed by atoms with van der Waals surface area (Å²) in [5.41, 5.74) is 5.47. The molecule has 0 fully saturated rings. The Kier molecular flexibility index (Phi) is 6.91. The van der Waals surface area contributed by atoms with E-state index in [1.54, 1.807) is 0 Å². The van der Waals surface area contributed by atoms with Crippen LogP contribution in [0.25, 0.3) is 88.5 Å². The van der Waals surface area contributed by atoms with Crippen LogP contribution in [0.15, 0.2) is 152 Å². The molecule has 3 heterocycles. The fraction of sp³-hybridized carbons (Fsp3) is 0.0233. The molecule has 6 aromatic carbocycles. The molecule has 0 unspecified atom stereocenters. The van der Waals surface area contributed by atoms with Gasteiger partial charge in [0, 0.05) is 32.7 Å². The molecular formula is C43H28N6. The number of benzene rings is 6. The molecule has 6 heteroatoms. The zero-order valence-electron chi connectivity index (χ0n) is 26.6. The van der Waals surface area contributed by atoms with Gasteiger partial charge in [-0.1, -0.05) is 127 Å². The van der Waals surface area contributed by atoms with E-state index in [0.29, 0.717) is 34.2 Å². The molecular weight excluding hydrogens is 601 g/mol. The summed E-state index contributed by atoms with van der Waals surface area (Å²) in [6.45, 7) is 2.08. The Balaban J connectivity index is 1.46. The summed E-state index contributed by atoms with van der Waals surface area (Å²) in [4.78, 5) is 30.1. The van der Waals surface area contributed by atoms with Crippen LogP contribution in [0.1, 0.15) is 5.56 Å². The number of aromatic nitrogens is 6. The van der Waals surface area contributed by atoms with E-state index in [9.17, 15) is 0 Å². The predicted octanol–water partition coefficient (Wildman–Crippen LogP) is 10.3. The molecule has 0 saturated heterocycles. The third-order valence-electron chi connectivity index (χ3n) is 8.73. The molecule has 12 bridgehead atoms. The van der Waals surface area contributed by atoms with Crippen LogP contribution in [0.3, 0.4) is 0 Å². The van der Waals surface area contributed by atoms with Gasteiger partial charge in [0.2, 0.25) is 0 Å². The van der Waals surface area contributed by atoms with Gasteiger partial charge in [0.15, 0.2) is 34.2 Å². The third-order valence-corrected chi connectivity index (χ3v) is 8.73. The first-order valence-corrected chi connectivity index (χ1v) is 16.2. The molecule has 0 aliphatic rings. The molecule has 0 aliphatic carbocycles. The van der Waals surface area contributed by atoms with Crippen LogP contribution >= 0.6 is 0 Å². The van der Waals surface area contributed by atoms with Crippen molar-refractivity contribution in [2.45, 2.75) is 6.92 Å². The first kappa shape index (κ1) is 28.6. The molecule has 0 amide bonds. The Hall–Kier alpha value is -6.66. The number of fused-ring (bicyclic) bond motifs is 18. The number of rotatable bonds is 2. The molecule has 0 saturated carbocycles. The standard InChI is InChI=1S/C43H28N6/c1-27-10-5-17-33(22-27)39-46-42-36-20-8-15-31(25-36)29-13-6-18-34(23-29)40-44-38(28-11-3-2-4-12-28)45-41(48-40)35-19-7-14-30(24-35)32-16-9-21-37(26-32)43(47-39)49-42/h2-26H,1H3. The maximum absolute atomic E-state index is 5.06. The number of nitrogens with zero attached hydrogens (tertiary/aromatic N) is 6. The maximum atomic E-state index is 5.06. The minimum Gasteiger partial charge on any atom is -0.208 e. The summed E-state index contributed by atoms with van der Waals surface area (Å²) in [5, 5.41) is 7.74. The molecule has 230 valence electrons. The summed E-state index contributed by atoms with van der Waals surface area (Å²) in [5.74, 6) is 1.26. The normalized spacial score (nSPS) is 11.4. The van der Waals surface area contributed by atoms with Crippen molar-refractivity contribution in [3.05, 3.63) is 157 Å². The fourth-order valence-corrected chi connectivity index (χ4v) is 6.25. The zero-order valence-corrected chi connectivity index (χ0v) is 26.6. The van der Waals surface area contributed by atoms with E-state index in [0.717, 1.165) is 59.8 Å². The Morgan fingerprint density at radius 2 is 0.633 bits per heavy atom. The average Bonchev–Trinajstić information content (AvgIpc) is 3.18. The smallest absolute Gasteiger partial charge is 0.164 e. The van der Waals surface area contributed by atoms with E-state index in [1.807, 2.05) is 78.9 Å². The average molecular weight is 629 g/mol. The minimum atomic E-state index is 0.611. The second kappa shape index (κ2) is 11.9. The first-order chi connectivity index (χ1) is 24.1. The quantitative estimate of drug-likeness (QED) is 0.190. The molecule has 3 aromatic heterocycles. The molecule has 0 radical (unpaired) electrons. The van der Waals surface area contributed by atoms with Gasteiger partial charge in [0.1, 0.15) is 0 Å². The lowest BCUT2D eigenvalue weighted by molar-refractivity contribution is 1.18. The molecule has 0 atom stereocenters. The van der Waals surface area contributed by atoms with E-state index in [1.165, 1.54) is 0 Å². The highest BCUT2D eigenvalue weighted by atomic mass is 15.0. The number of hydrogen-bond acceptors (Lipinski definition) is 6. The van der Waals surface area contributed by atoms with Gasteiger partial charge in [-0.3, -0.25) is 0 Å². The van der Waals surface area contributed by atoms with Crippen molar-refractivity contribution in [3.63, 3.8) is 0 Å². The summed E-state index contributed by atoms with van der Waals surface area (Å²) >= 11 is 0. The highest BCUT2D eigenvalue weighted by Crippen LogP contribution is 2.26. The van der Waals surface area contributed by atoms with Crippen molar-refractivity contribution < 1.29 is 0 Å². The van der Waals surface area contributed by atoms with Gasteiger partial charge in [-0.05, 0) is 58.8 Å². The van der Waals surface area contributed by atoms with Crippen molar-refractivity contribution in [1.82, 2.24) is 29.9 Å². The van der Waals surface area contributed by atoms with Gasteiger partial charge >= 0.3 is 0 Å². The number of hydrogen-bond donors (Lipinski definition) is 0. The van der Waals surface area contributed by atoms with Gasteiger partial charge in [0.25, 0.3) is 0 Å². The maximum Gasteiger partial charge on any atom is 0.164 e. The Labute approximate surface area is 281 Å². The first-order valence-electron chi connectivity index (χ1n) is 16.2. The molecule has 9 rings (SSSR count). The Bertz CT molecular complexity index is 2700. The molecule has 9 aromatic rings. The van der Waals surface area contributed by atoms with Crippen molar-refractivity contribution in [2.75, 3.05) is 0 Å². The summed E-state index contributed by atoms with van der Waals surface area (Å²) < 4.78 is 0. The van der Waals surface area contributed by atoms with E-state index in [-0.39, 0.29) is 0 Å². The topological polar surface area (TPSA) is 77.3 Å². The van der Waals surface area contributed by atoms with Crippen LogP contribution in [-0.2, 0) is 0 Å². The summed E-state index contributed by atoms with van der Waals surface area (Å²) in [7, 11) is 0. The van der Waals surface area contributed by atoms with Crippen molar-refractivity contribution in [2.24, 2.45) is 0 Å². The fourth-order valence-electron chi connectivity index (χ4n) is 6.25. The highest BCUT2D eigenvalue weighted by Gasteiger charge is 2.09. The summed E-state index contributed by atoms with van der Waals surface area (Å²) in [6, 6.07) is 51.7. The molecule has 0 aliphatic heterocycles. The predicted molar refractivity (Wildman–Crippen MR) is 200 cm³/mol. The minimum absolute atomic E-state index is 0.611. The zero-order chi connectivity index (χ0) is 32.7. The van der Waals surface area contributed by atoms with Crippen LogP contribution in [0, 0.1) is 6.92 Å². The second-order valence-corrected chi connectivity index (χ2v) is 12.2. The van der Waals surface area contributed by atoms with Crippen molar-refractivity contribution in [3.8, 4) is 22.8 Å². The molecule has 0 spiro atoms. The van der Waals surface area contributed by atoms with Crippen LogP contribution in [-0.4, -0.2) is 29.9 Å².